The van der Waals surface area contributed by atoms with Crippen molar-refractivity contribution in [1.82, 2.24) is 5.32 Å². The molecule has 0 heterocycles. The zero-order valence-corrected chi connectivity index (χ0v) is 10.2. The van der Waals surface area contributed by atoms with Crippen LogP contribution in [-0.2, 0) is 11.3 Å². The summed E-state index contributed by atoms with van der Waals surface area (Å²) < 4.78 is 5.24. The van der Waals surface area contributed by atoms with E-state index < -0.39 is 0 Å². The molecule has 0 aliphatic heterocycles. The molecular weight excluding hydrogens is 202 g/mol. The number of nitrogens with one attached hydrogen (secondary N) is 1. The Morgan fingerprint density at radius 1 is 1.44 bits per heavy atom. The van der Waals surface area contributed by atoms with Crippen molar-refractivity contribution in [3.8, 4) is 5.75 Å². The normalized spacial score (nSPS) is 9.94. The third kappa shape index (κ3) is 3.57. The summed E-state index contributed by atoms with van der Waals surface area (Å²) in [5, 5.41) is 2.88. The van der Waals surface area contributed by atoms with E-state index >= 15 is 0 Å². The van der Waals surface area contributed by atoms with Crippen molar-refractivity contribution in [3.05, 3.63) is 29.3 Å². The zero-order chi connectivity index (χ0) is 12.0. The molecule has 0 aliphatic carbocycles. The molecule has 1 rings (SSSR count). The van der Waals surface area contributed by atoms with Crippen molar-refractivity contribution in [2.24, 2.45) is 0 Å². The summed E-state index contributed by atoms with van der Waals surface area (Å²) in [4.78, 5) is 11.3. The molecule has 1 aromatic carbocycles. The monoisotopic (exact) mass is 221 g/mol. The van der Waals surface area contributed by atoms with Gasteiger partial charge in [0, 0.05) is 18.5 Å². The molecule has 0 fully saturated rings. The molecule has 0 spiro atoms. The number of hydrogen-bond acceptors (Lipinski definition) is 2. The van der Waals surface area contributed by atoms with Gasteiger partial charge in [0.15, 0.2) is 0 Å². The molecule has 0 atom stereocenters. The minimum Gasteiger partial charge on any atom is -0.496 e. The first-order valence-corrected chi connectivity index (χ1v) is 5.57. The van der Waals surface area contributed by atoms with Crippen molar-refractivity contribution in [3.63, 3.8) is 0 Å². The van der Waals surface area contributed by atoms with Gasteiger partial charge in [-0.3, -0.25) is 4.79 Å². The Morgan fingerprint density at radius 3 is 2.81 bits per heavy atom. The van der Waals surface area contributed by atoms with Crippen LogP contribution in [0.5, 0.6) is 5.75 Å². The van der Waals surface area contributed by atoms with E-state index in [9.17, 15) is 4.79 Å². The number of methoxy groups -OCH3 is 1. The molecule has 0 radical (unpaired) electrons. The van der Waals surface area contributed by atoms with Crippen LogP contribution in [0.15, 0.2) is 18.2 Å². The van der Waals surface area contributed by atoms with Crippen LogP contribution in [0.3, 0.4) is 0 Å². The summed E-state index contributed by atoms with van der Waals surface area (Å²) in [5.41, 5.74) is 2.19. The lowest BCUT2D eigenvalue weighted by Crippen LogP contribution is -2.22. The van der Waals surface area contributed by atoms with Gasteiger partial charge in [-0.2, -0.15) is 0 Å². The molecule has 0 aromatic heterocycles. The molecule has 1 N–H and O–H groups in total. The molecule has 0 saturated carbocycles. The second kappa shape index (κ2) is 6.16. The van der Waals surface area contributed by atoms with Gasteiger partial charge in [0.2, 0.25) is 5.91 Å². The van der Waals surface area contributed by atoms with Crippen LogP contribution in [0.1, 0.15) is 30.9 Å². The summed E-state index contributed by atoms with van der Waals surface area (Å²) >= 11 is 0. The first-order chi connectivity index (χ1) is 7.67. The minimum absolute atomic E-state index is 0.0889. The Morgan fingerprint density at radius 2 is 2.19 bits per heavy atom. The van der Waals surface area contributed by atoms with E-state index in [1.807, 2.05) is 32.0 Å². The predicted molar refractivity (Wildman–Crippen MR) is 64.5 cm³/mol. The number of rotatable bonds is 5. The molecule has 1 aromatic rings. The fourth-order valence-electron chi connectivity index (χ4n) is 1.55. The number of ether oxygens (including phenoxy) is 1. The average Bonchev–Trinajstić information content (AvgIpc) is 2.27. The first kappa shape index (κ1) is 12.6. The number of benzene rings is 1. The lowest BCUT2D eigenvalue weighted by atomic mass is 10.1. The van der Waals surface area contributed by atoms with Crippen LogP contribution in [-0.4, -0.2) is 13.0 Å². The van der Waals surface area contributed by atoms with Gasteiger partial charge in [0.1, 0.15) is 5.75 Å². The minimum atomic E-state index is 0.0889. The second-order valence-corrected chi connectivity index (χ2v) is 3.84. The molecule has 0 unspecified atom stereocenters. The molecule has 0 bridgehead atoms. The number of hydrogen-bond donors (Lipinski definition) is 1. The maximum Gasteiger partial charge on any atom is 0.220 e. The van der Waals surface area contributed by atoms with Gasteiger partial charge in [-0.25, -0.2) is 0 Å². The number of amides is 1. The fourth-order valence-corrected chi connectivity index (χ4v) is 1.55. The third-order valence-electron chi connectivity index (χ3n) is 2.39. The van der Waals surface area contributed by atoms with E-state index in [2.05, 4.69) is 5.32 Å². The number of carbonyl (C=O) groups excluding carboxylic acids is 1. The Kier molecular flexibility index (Phi) is 4.83. The number of aryl methyl sites for hydroxylation is 1. The standard InChI is InChI=1S/C13H19NO2/c1-4-5-13(15)14-9-11-8-10(2)6-7-12(11)16-3/h6-8H,4-5,9H2,1-3H3,(H,14,15). The van der Waals surface area contributed by atoms with Crippen LogP contribution in [0.2, 0.25) is 0 Å². The smallest absolute Gasteiger partial charge is 0.220 e. The van der Waals surface area contributed by atoms with Crippen LogP contribution in [0.4, 0.5) is 0 Å². The van der Waals surface area contributed by atoms with E-state index in [-0.39, 0.29) is 5.91 Å². The van der Waals surface area contributed by atoms with E-state index in [4.69, 9.17) is 4.74 Å². The zero-order valence-electron chi connectivity index (χ0n) is 10.2. The molecule has 16 heavy (non-hydrogen) atoms. The lowest BCUT2D eigenvalue weighted by Gasteiger charge is -2.10. The van der Waals surface area contributed by atoms with Crippen LogP contribution in [0.25, 0.3) is 0 Å². The maximum absolute atomic E-state index is 11.3. The topological polar surface area (TPSA) is 38.3 Å². The largest absolute Gasteiger partial charge is 0.496 e. The number of carbonyl (C=O) groups is 1. The first-order valence-electron chi connectivity index (χ1n) is 5.57. The molecule has 0 aliphatic rings. The third-order valence-corrected chi connectivity index (χ3v) is 2.39. The Bertz CT molecular complexity index is 361. The summed E-state index contributed by atoms with van der Waals surface area (Å²) in [6.07, 6.45) is 1.45. The molecular formula is C13H19NO2. The van der Waals surface area contributed by atoms with Crippen LogP contribution < -0.4 is 10.1 Å². The Hall–Kier alpha value is -1.51. The molecule has 3 nitrogen and oxygen atoms in total. The molecule has 1 amide bonds. The fraction of sp³-hybridized carbons (Fsp3) is 0.462. The highest BCUT2D eigenvalue weighted by atomic mass is 16.5. The SMILES string of the molecule is CCCC(=O)NCc1cc(C)ccc1OC. The predicted octanol–water partition coefficient (Wildman–Crippen LogP) is 2.42. The summed E-state index contributed by atoms with van der Waals surface area (Å²) in [6.45, 7) is 4.55. The quantitative estimate of drug-likeness (QED) is 0.829. The van der Waals surface area contributed by atoms with Gasteiger partial charge in [0.25, 0.3) is 0 Å². The van der Waals surface area contributed by atoms with Crippen molar-refractivity contribution in [1.29, 1.82) is 0 Å². The molecule has 0 saturated heterocycles. The van der Waals surface area contributed by atoms with Crippen molar-refractivity contribution in [2.75, 3.05) is 7.11 Å². The second-order valence-electron chi connectivity index (χ2n) is 3.84. The van der Waals surface area contributed by atoms with Crippen molar-refractivity contribution < 1.29 is 9.53 Å². The highest BCUT2D eigenvalue weighted by Gasteiger charge is 2.05. The lowest BCUT2D eigenvalue weighted by molar-refractivity contribution is -0.121. The van der Waals surface area contributed by atoms with Gasteiger partial charge >= 0.3 is 0 Å². The van der Waals surface area contributed by atoms with Gasteiger partial charge in [-0.15, -0.1) is 0 Å². The van der Waals surface area contributed by atoms with Gasteiger partial charge < -0.3 is 10.1 Å². The molecule has 3 heteroatoms. The van der Waals surface area contributed by atoms with Crippen LogP contribution in [0, 0.1) is 6.92 Å². The van der Waals surface area contributed by atoms with E-state index in [1.54, 1.807) is 7.11 Å². The Labute approximate surface area is 96.8 Å². The highest BCUT2D eigenvalue weighted by molar-refractivity contribution is 5.75. The maximum atomic E-state index is 11.3. The highest BCUT2D eigenvalue weighted by Crippen LogP contribution is 2.19. The van der Waals surface area contributed by atoms with Crippen molar-refractivity contribution in [2.45, 2.75) is 33.2 Å². The van der Waals surface area contributed by atoms with Gasteiger partial charge in [-0.1, -0.05) is 24.6 Å². The Balaban J connectivity index is 2.65. The summed E-state index contributed by atoms with van der Waals surface area (Å²) in [6, 6.07) is 5.96. The van der Waals surface area contributed by atoms with Crippen LogP contribution >= 0.6 is 0 Å². The molecule has 88 valence electrons. The summed E-state index contributed by atoms with van der Waals surface area (Å²) in [7, 11) is 1.64. The average molecular weight is 221 g/mol. The van der Waals surface area contributed by atoms with E-state index in [0.29, 0.717) is 13.0 Å². The van der Waals surface area contributed by atoms with E-state index in [1.165, 1.54) is 5.56 Å². The van der Waals surface area contributed by atoms with E-state index in [0.717, 1.165) is 17.7 Å². The van der Waals surface area contributed by atoms with Gasteiger partial charge in [-0.05, 0) is 19.4 Å². The van der Waals surface area contributed by atoms with Gasteiger partial charge in [0.05, 0.1) is 7.11 Å². The summed E-state index contributed by atoms with van der Waals surface area (Å²) in [5.74, 6) is 0.911. The van der Waals surface area contributed by atoms with Crippen molar-refractivity contribution >= 4 is 5.91 Å².